The van der Waals surface area contributed by atoms with Gasteiger partial charge in [0.25, 0.3) is 20.2 Å². The Hall–Kier alpha value is -2.87. The zero-order chi connectivity index (χ0) is 22.0. The number of carbonyl (C=O) groups excluding carboxylic acids is 1. The van der Waals surface area contributed by atoms with E-state index in [2.05, 4.69) is 15.5 Å². The molecule has 0 heterocycles. The number of carbonyl (C=O) groups is 1. The van der Waals surface area contributed by atoms with Crippen LogP contribution in [0.1, 0.15) is 6.92 Å². The van der Waals surface area contributed by atoms with E-state index in [0.717, 1.165) is 24.7 Å². The van der Waals surface area contributed by atoms with E-state index in [9.17, 15) is 30.7 Å². The molecule has 0 bridgehead atoms. The molecule has 0 unspecified atom stereocenters. The molecule has 29 heavy (non-hydrogen) atoms. The van der Waals surface area contributed by atoms with Gasteiger partial charge in [0.1, 0.15) is 15.5 Å². The van der Waals surface area contributed by atoms with Crippen LogP contribution in [-0.4, -0.2) is 45.9 Å². The first-order valence-electron chi connectivity index (χ1n) is 7.89. The number of rotatable bonds is 6. The first-order valence-corrected chi connectivity index (χ1v) is 10.8. The normalized spacial score (nSPS) is 12.2. The molecule has 0 aliphatic carbocycles. The van der Waals surface area contributed by atoms with Gasteiger partial charge in [-0.25, -0.2) is 0 Å². The van der Waals surface area contributed by atoms with Crippen molar-refractivity contribution < 1.29 is 30.7 Å². The second kappa shape index (κ2) is 8.24. The van der Waals surface area contributed by atoms with E-state index < -0.39 is 41.6 Å². The predicted octanol–water partition coefficient (Wildman–Crippen LogP) is 2.62. The van der Waals surface area contributed by atoms with Crippen molar-refractivity contribution in [2.75, 3.05) is 24.3 Å². The molecule has 0 saturated heterocycles. The minimum absolute atomic E-state index is 0.254. The summed E-state index contributed by atoms with van der Waals surface area (Å²) in [5.74, 6) is -0.636. The molecule has 11 nitrogen and oxygen atoms in total. The molecule has 0 atom stereocenters. The fourth-order valence-corrected chi connectivity index (χ4v) is 3.68. The molecular formula is C16H18N4O7S2. The molecule has 3 N–H and O–H groups in total. The highest BCUT2D eigenvalue weighted by molar-refractivity contribution is 7.87. The second-order valence-electron chi connectivity index (χ2n) is 6.06. The Morgan fingerprint density at radius 1 is 0.931 bits per heavy atom. The van der Waals surface area contributed by atoms with Gasteiger partial charge in [-0.05, 0) is 36.4 Å². The van der Waals surface area contributed by atoms with Crippen LogP contribution < -0.4 is 10.2 Å². The van der Waals surface area contributed by atoms with E-state index in [0.29, 0.717) is 0 Å². The lowest BCUT2D eigenvalue weighted by atomic mass is 10.2. The van der Waals surface area contributed by atoms with Gasteiger partial charge in [-0.1, -0.05) is 0 Å². The molecule has 0 saturated carbocycles. The standard InChI is InChI=1S/C16H18N4O7S2/c1-10(21)17-12-8-14(28(22,23)24)16(15(9-12)29(25,26)27)19-18-11-4-6-13(7-5-11)20(2)3/h4-9H,1-3H3,(H,17,21)(H,22,23,24)(H,25,26,27). The quantitative estimate of drug-likeness (QED) is 0.453. The first kappa shape index (κ1) is 22.4. The number of hydrogen-bond donors (Lipinski definition) is 3. The van der Waals surface area contributed by atoms with Crippen LogP contribution in [0.15, 0.2) is 56.4 Å². The van der Waals surface area contributed by atoms with E-state index in [1.807, 2.05) is 19.0 Å². The van der Waals surface area contributed by atoms with Crippen molar-refractivity contribution in [1.82, 2.24) is 0 Å². The van der Waals surface area contributed by atoms with E-state index in [4.69, 9.17) is 0 Å². The van der Waals surface area contributed by atoms with Crippen LogP contribution in [0, 0.1) is 0 Å². The summed E-state index contributed by atoms with van der Waals surface area (Å²) in [5, 5.41) is 9.59. The third kappa shape index (κ3) is 5.80. The van der Waals surface area contributed by atoms with Gasteiger partial charge in [-0.15, -0.1) is 5.11 Å². The van der Waals surface area contributed by atoms with Gasteiger partial charge in [-0.3, -0.25) is 13.9 Å². The van der Waals surface area contributed by atoms with Gasteiger partial charge in [0.2, 0.25) is 5.91 Å². The van der Waals surface area contributed by atoms with Crippen LogP contribution in [0.4, 0.5) is 22.7 Å². The van der Waals surface area contributed by atoms with Crippen LogP contribution in [0.2, 0.25) is 0 Å². The minimum atomic E-state index is -4.98. The van der Waals surface area contributed by atoms with Gasteiger partial charge in [0, 0.05) is 32.4 Å². The van der Waals surface area contributed by atoms with Gasteiger partial charge in [0.15, 0.2) is 0 Å². The number of azo groups is 1. The Morgan fingerprint density at radius 2 is 1.41 bits per heavy atom. The predicted molar refractivity (Wildman–Crippen MR) is 105 cm³/mol. The third-order valence-electron chi connectivity index (χ3n) is 3.55. The topological polar surface area (TPSA) is 166 Å². The molecule has 2 aromatic carbocycles. The van der Waals surface area contributed by atoms with Crippen LogP contribution in [0.3, 0.4) is 0 Å². The number of nitrogens with one attached hydrogen (secondary N) is 1. The van der Waals surface area contributed by atoms with Crippen molar-refractivity contribution >= 4 is 48.9 Å². The average Bonchev–Trinajstić information content (AvgIpc) is 2.58. The zero-order valence-corrected chi connectivity index (χ0v) is 17.2. The fourth-order valence-electron chi connectivity index (χ4n) is 2.27. The SMILES string of the molecule is CC(=O)Nc1cc(S(=O)(=O)O)c(N=Nc2ccc(N(C)C)cc2)c(S(=O)(=O)O)c1. The summed E-state index contributed by atoms with van der Waals surface area (Å²) in [7, 11) is -6.32. The number of benzene rings is 2. The summed E-state index contributed by atoms with van der Waals surface area (Å²) >= 11 is 0. The van der Waals surface area contributed by atoms with Crippen LogP contribution >= 0.6 is 0 Å². The molecule has 0 aromatic heterocycles. The fraction of sp³-hybridized carbons (Fsp3) is 0.188. The molecule has 0 radical (unpaired) electrons. The molecule has 0 fully saturated rings. The lowest BCUT2D eigenvalue weighted by Gasteiger charge is -2.12. The Balaban J connectivity index is 2.69. The first-order chi connectivity index (χ1) is 13.3. The highest BCUT2D eigenvalue weighted by Gasteiger charge is 2.27. The molecule has 0 aliphatic rings. The van der Waals surface area contributed by atoms with Gasteiger partial charge >= 0.3 is 0 Å². The Morgan fingerprint density at radius 3 is 1.79 bits per heavy atom. The van der Waals surface area contributed by atoms with Crippen LogP contribution in [0.25, 0.3) is 0 Å². The molecule has 2 aromatic rings. The van der Waals surface area contributed by atoms with E-state index >= 15 is 0 Å². The lowest BCUT2D eigenvalue weighted by molar-refractivity contribution is -0.114. The van der Waals surface area contributed by atoms with Gasteiger partial charge in [-0.2, -0.15) is 21.9 Å². The molecule has 0 aliphatic heterocycles. The maximum absolute atomic E-state index is 11.8. The van der Waals surface area contributed by atoms with E-state index in [1.165, 1.54) is 0 Å². The highest BCUT2D eigenvalue weighted by atomic mass is 32.2. The van der Waals surface area contributed by atoms with Crippen molar-refractivity contribution in [2.24, 2.45) is 10.2 Å². The third-order valence-corrected chi connectivity index (χ3v) is 5.28. The van der Waals surface area contributed by atoms with Crippen molar-refractivity contribution in [1.29, 1.82) is 0 Å². The van der Waals surface area contributed by atoms with E-state index in [1.54, 1.807) is 24.3 Å². The molecule has 156 valence electrons. The Labute approximate surface area is 167 Å². The van der Waals surface area contributed by atoms with E-state index in [-0.39, 0.29) is 11.4 Å². The maximum Gasteiger partial charge on any atom is 0.296 e. The number of amides is 1. The molecule has 13 heteroatoms. The summed E-state index contributed by atoms with van der Waals surface area (Å²) < 4.78 is 66.0. The number of anilines is 2. The number of hydrogen-bond acceptors (Lipinski definition) is 8. The maximum atomic E-state index is 11.8. The summed E-state index contributed by atoms with van der Waals surface area (Å²) in [6.45, 7) is 1.10. The molecule has 1 amide bonds. The van der Waals surface area contributed by atoms with Crippen molar-refractivity contribution in [3.05, 3.63) is 36.4 Å². The Kier molecular flexibility index (Phi) is 6.37. The smallest absolute Gasteiger partial charge is 0.296 e. The molecular weight excluding hydrogens is 424 g/mol. The van der Waals surface area contributed by atoms with Crippen molar-refractivity contribution in [3.63, 3.8) is 0 Å². The summed E-state index contributed by atoms with van der Waals surface area (Å²) in [4.78, 5) is 11.1. The largest absolute Gasteiger partial charge is 0.378 e. The van der Waals surface area contributed by atoms with Gasteiger partial charge < -0.3 is 10.2 Å². The second-order valence-corrected chi connectivity index (χ2v) is 8.84. The van der Waals surface area contributed by atoms with Crippen LogP contribution in [0.5, 0.6) is 0 Å². The summed E-state index contributed by atoms with van der Waals surface area (Å²) in [5.41, 5.74) is 0.0118. The Bertz CT molecular complexity index is 1120. The molecule has 2 rings (SSSR count). The van der Waals surface area contributed by atoms with Crippen molar-refractivity contribution in [2.45, 2.75) is 16.7 Å². The number of nitrogens with zero attached hydrogens (tertiary/aromatic N) is 3. The summed E-state index contributed by atoms with van der Waals surface area (Å²) in [6.07, 6.45) is 0. The lowest BCUT2D eigenvalue weighted by Crippen LogP contribution is -2.10. The van der Waals surface area contributed by atoms with Crippen LogP contribution in [-0.2, 0) is 25.0 Å². The van der Waals surface area contributed by atoms with Crippen molar-refractivity contribution in [3.8, 4) is 0 Å². The minimum Gasteiger partial charge on any atom is -0.378 e. The monoisotopic (exact) mass is 442 g/mol. The highest BCUT2D eigenvalue weighted by Crippen LogP contribution is 2.36. The van der Waals surface area contributed by atoms with Gasteiger partial charge in [0.05, 0.1) is 5.69 Å². The zero-order valence-electron chi connectivity index (χ0n) is 15.6. The molecule has 0 spiro atoms. The summed E-state index contributed by atoms with van der Waals surface area (Å²) in [6, 6.07) is 8.09. The average molecular weight is 442 g/mol.